The lowest BCUT2D eigenvalue weighted by Gasteiger charge is -2.19. The third-order valence-electron chi connectivity index (χ3n) is 5.34. The van der Waals surface area contributed by atoms with Gasteiger partial charge in [-0.25, -0.2) is 0 Å². The lowest BCUT2D eigenvalue weighted by molar-refractivity contribution is -0.137. The lowest BCUT2D eigenvalue weighted by Crippen LogP contribution is -2.25. The van der Waals surface area contributed by atoms with Crippen LogP contribution in [-0.4, -0.2) is 10.9 Å². The van der Waals surface area contributed by atoms with Crippen molar-refractivity contribution in [2.75, 3.05) is 0 Å². The van der Waals surface area contributed by atoms with Crippen molar-refractivity contribution >= 4 is 16.8 Å². The van der Waals surface area contributed by atoms with Crippen LogP contribution in [0.1, 0.15) is 34.6 Å². The van der Waals surface area contributed by atoms with E-state index in [1.165, 1.54) is 6.07 Å². The molecule has 3 aromatic carbocycles. The Morgan fingerprint density at radius 3 is 2.45 bits per heavy atom. The molecule has 6 heteroatoms. The van der Waals surface area contributed by atoms with Crippen molar-refractivity contribution in [3.8, 4) is 0 Å². The number of aromatic nitrogens is 1. The number of halogens is 3. The van der Waals surface area contributed by atoms with E-state index in [1.807, 2.05) is 54.6 Å². The average molecular weight is 422 g/mol. The monoisotopic (exact) mass is 422 g/mol. The zero-order valence-corrected chi connectivity index (χ0v) is 16.6. The second-order valence-corrected chi connectivity index (χ2v) is 7.43. The van der Waals surface area contributed by atoms with E-state index in [-0.39, 0.29) is 12.3 Å². The molecule has 0 radical (unpaired) electrons. The number of para-hydroxylation sites is 1. The van der Waals surface area contributed by atoms with E-state index in [0.29, 0.717) is 12.1 Å². The first-order valence-corrected chi connectivity index (χ1v) is 9.95. The molecule has 2 N–H and O–H groups in total. The van der Waals surface area contributed by atoms with Crippen LogP contribution < -0.4 is 5.32 Å². The van der Waals surface area contributed by atoms with Crippen LogP contribution in [0.2, 0.25) is 0 Å². The molecule has 1 unspecified atom stereocenters. The number of aromatic amines is 1. The normalized spacial score (nSPS) is 12.6. The van der Waals surface area contributed by atoms with Gasteiger partial charge < -0.3 is 10.3 Å². The Kier molecular flexibility index (Phi) is 5.80. The van der Waals surface area contributed by atoms with Crippen LogP contribution in [0.15, 0.2) is 85.1 Å². The Balaban J connectivity index is 1.65. The molecule has 31 heavy (non-hydrogen) atoms. The molecule has 0 bridgehead atoms. The topological polar surface area (TPSA) is 44.9 Å². The van der Waals surface area contributed by atoms with Gasteiger partial charge in [0.15, 0.2) is 0 Å². The maximum atomic E-state index is 13.3. The van der Waals surface area contributed by atoms with E-state index in [2.05, 4.69) is 10.3 Å². The van der Waals surface area contributed by atoms with Gasteiger partial charge in [0.2, 0.25) is 5.91 Å². The molecule has 1 atom stereocenters. The summed E-state index contributed by atoms with van der Waals surface area (Å²) in [5.74, 6) is -0.745. The minimum absolute atomic E-state index is 0.0377. The van der Waals surface area contributed by atoms with Crippen LogP contribution in [0.5, 0.6) is 0 Å². The van der Waals surface area contributed by atoms with Crippen LogP contribution in [0.3, 0.4) is 0 Å². The molecule has 0 aliphatic heterocycles. The molecular weight excluding hydrogens is 401 g/mol. The number of amides is 1. The Hall–Kier alpha value is -3.54. The predicted molar refractivity (Wildman–Crippen MR) is 114 cm³/mol. The minimum atomic E-state index is -4.45. The van der Waals surface area contributed by atoms with E-state index < -0.39 is 17.7 Å². The van der Waals surface area contributed by atoms with Gasteiger partial charge in [-0.2, -0.15) is 13.2 Å². The number of carbonyl (C=O) groups excluding carboxylic acids is 1. The average Bonchev–Trinajstić information content (AvgIpc) is 3.20. The molecule has 0 aliphatic rings. The molecule has 1 heterocycles. The standard InChI is InChI=1S/C25H21F3N2O/c26-25(27,28)19-10-6-9-18(13-19)21(22-16-29-23-12-5-4-11-20(22)23)14-24(31)30-15-17-7-2-1-3-8-17/h1-13,16,21,29H,14-15H2,(H,30,31). The van der Waals surface area contributed by atoms with Gasteiger partial charge in [-0.1, -0.05) is 66.7 Å². The summed E-state index contributed by atoms with van der Waals surface area (Å²) in [5.41, 5.74) is 2.36. The smallest absolute Gasteiger partial charge is 0.361 e. The van der Waals surface area contributed by atoms with E-state index in [9.17, 15) is 18.0 Å². The van der Waals surface area contributed by atoms with Crippen LogP contribution in [-0.2, 0) is 17.5 Å². The molecule has 0 spiro atoms. The fourth-order valence-electron chi connectivity index (χ4n) is 3.78. The van der Waals surface area contributed by atoms with Gasteiger partial charge in [0.05, 0.1) is 5.56 Å². The molecule has 0 saturated heterocycles. The number of hydrogen-bond acceptors (Lipinski definition) is 1. The van der Waals surface area contributed by atoms with Crippen LogP contribution >= 0.6 is 0 Å². The summed E-state index contributed by atoms with van der Waals surface area (Å²) in [6.45, 7) is 0.364. The zero-order chi connectivity index (χ0) is 21.8. The second kappa shape index (κ2) is 8.68. The van der Waals surface area contributed by atoms with Gasteiger partial charge in [0, 0.05) is 36.0 Å². The van der Waals surface area contributed by atoms with Gasteiger partial charge in [0.25, 0.3) is 0 Å². The van der Waals surface area contributed by atoms with Crippen molar-refractivity contribution in [1.29, 1.82) is 0 Å². The molecule has 0 aliphatic carbocycles. The molecule has 1 amide bonds. The molecule has 0 fully saturated rings. The predicted octanol–water partition coefficient (Wildman–Crippen LogP) is 6.03. The number of alkyl halides is 3. The summed E-state index contributed by atoms with van der Waals surface area (Å²) in [5, 5.41) is 3.77. The maximum absolute atomic E-state index is 13.3. The van der Waals surface area contributed by atoms with E-state index in [1.54, 1.807) is 12.3 Å². The number of H-pyrrole nitrogens is 1. The summed E-state index contributed by atoms with van der Waals surface area (Å²) in [6, 6.07) is 22.3. The number of carbonyl (C=O) groups is 1. The quantitative estimate of drug-likeness (QED) is 0.392. The minimum Gasteiger partial charge on any atom is -0.361 e. The molecule has 1 aromatic heterocycles. The van der Waals surface area contributed by atoms with Crippen molar-refractivity contribution in [1.82, 2.24) is 10.3 Å². The highest BCUT2D eigenvalue weighted by molar-refractivity contribution is 5.86. The van der Waals surface area contributed by atoms with Gasteiger partial charge in [0.1, 0.15) is 0 Å². The van der Waals surface area contributed by atoms with Crippen molar-refractivity contribution < 1.29 is 18.0 Å². The number of nitrogens with one attached hydrogen (secondary N) is 2. The summed E-state index contributed by atoms with van der Waals surface area (Å²) in [7, 11) is 0. The van der Waals surface area contributed by atoms with Crippen molar-refractivity contribution in [2.24, 2.45) is 0 Å². The highest BCUT2D eigenvalue weighted by Crippen LogP contribution is 2.36. The second-order valence-electron chi connectivity index (χ2n) is 7.43. The highest BCUT2D eigenvalue weighted by atomic mass is 19.4. The highest BCUT2D eigenvalue weighted by Gasteiger charge is 2.31. The first-order chi connectivity index (χ1) is 14.9. The number of fused-ring (bicyclic) bond motifs is 1. The summed E-state index contributed by atoms with van der Waals surface area (Å²) in [4.78, 5) is 15.9. The molecule has 0 saturated carbocycles. The molecule has 3 nitrogen and oxygen atoms in total. The maximum Gasteiger partial charge on any atom is 0.416 e. The van der Waals surface area contributed by atoms with Crippen LogP contribution in [0, 0.1) is 0 Å². The third-order valence-corrected chi connectivity index (χ3v) is 5.34. The Morgan fingerprint density at radius 1 is 0.935 bits per heavy atom. The van der Waals surface area contributed by atoms with Crippen LogP contribution in [0.4, 0.5) is 13.2 Å². The third kappa shape index (κ3) is 4.79. The molecular formula is C25H21F3N2O. The van der Waals surface area contributed by atoms with E-state index in [0.717, 1.165) is 34.2 Å². The van der Waals surface area contributed by atoms with E-state index in [4.69, 9.17) is 0 Å². The fourth-order valence-corrected chi connectivity index (χ4v) is 3.78. The lowest BCUT2D eigenvalue weighted by atomic mass is 9.87. The van der Waals surface area contributed by atoms with Gasteiger partial charge in [-0.3, -0.25) is 4.79 Å². The van der Waals surface area contributed by atoms with E-state index >= 15 is 0 Å². The van der Waals surface area contributed by atoms with Crippen molar-refractivity contribution in [3.05, 3.63) is 107 Å². The number of rotatable bonds is 6. The Morgan fingerprint density at radius 2 is 1.68 bits per heavy atom. The van der Waals surface area contributed by atoms with Gasteiger partial charge in [-0.05, 0) is 28.8 Å². The van der Waals surface area contributed by atoms with Crippen molar-refractivity contribution in [2.45, 2.75) is 25.1 Å². The first kappa shape index (κ1) is 20.7. The van der Waals surface area contributed by atoms with Gasteiger partial charge >= 0.3 is 6.18 Å². The first-order valence-electron chi connectivity index (χ1n) is 9.95. The summed E-state index contributed by atoms with van der Waals surface area (Å²) < 4.78 is 39.9. The van der Waals surface area contributed by atoms with Crippen LogP contribution in [0.25, 0.3) is 10.9 Å². The summed E-state index contributed by atoms with van der Waals surface area (Å²) >= 11 is 0. The molecule has 158 valence electrons. The van der Waals surface area contributed by atoms with Crippen molar-refractivity contribution in [3.63, 3.8) is 0 Å². The largest absolute Gasteiger partial charge is 0.416 e. The van der Waals surface area contributed by atoms with Gasteiger partial charge in [-0.15, -0.1) is 0 Å². The fraction of sp³-hybridized carbons (Fsp3) is 0.160. The SMILES string of the molecule is O=C(CC(c1cccc(C(F)(F)F)c1)c1c[nH]c2ccccc12)NCc1ccccc1. The number of hydrogen-bond donors (Lipinski definition) is 2. The Bertz CT molecular complexity index is 1180. The number of benzene rings is 3. The zero-order valence-electron chi connectivity index (χ0n) is 16.6. The Labute approximate surface area is 177 Å². The summed E-state index contributed by atoms with van der Waals surface area (Å²) in [6.07, 6.45) is -2.63. The molecule has 4 rings (SSSR count). The molecule has 4 aromatic rings.